The Morgan fingerprint density at radius 1 is 1.12 bits per heavy atom. The molecule has 0 radical (unpaired) electrons. The summed E-state index contributed by atoms with van der Waals surface area (Å²) in [5, 5.41) is 1.97. The van der Waals surface area contributed by atoms with Crippen molar-refractivity contribution in [2.24, 2.45) is 0 Å². The highest BCUT2D eigenvalue weighted by molar-refractivity contribution is 7.91. The number of amides is 1. The first-order chi connectivity index (χ1) is 12.0. The van der Waals surface area contributed by atoms with Gasteiger partial charge in [0.15, 0.2) is 0 Å². The average Bonchev–Trinajstić information content (AvgIpc) is 3.16. The van der Waals surface area contributed by atoms with Crippen LogP contribution in [-0.4, -0.2) is 49.7 Å². The van der Waals surface area contributed by atoms with Gasteiger partial charge < -0.3 is 4.90 Å². The largest absolute Gasteiger partial charge is 0.335 e. The van der Waals surface area contributed by atoms with E-state index in [-0.39, 0.29) is 10.1 Å². The van der Waals surface area contributed by atoms with Gasteiger partial charge in [0, 0.05) is 26.2 Å². The summed E-state index contributed by atoms with van der Waals surface area (Å²) >= 11 is 8.41. The van der Waals surface area contributed by atoms with Gasteiger partial charge >= 0.3 is 0 Å². The van der Waals surface area contributed by atoms with E-state index in [0.717, 1.165) is 29.1 Å². The van der Waals surface area contributed by atoms with Crippen molar-refractivity contribution < 1.29 is 13.2 Å². The Morgan fingerprint density at radius 3 is 2.44 bits per heavy atom. The number of hydrogen-bond donors (Lipinski definition) is 0. The summed E-state index contributed by atoms with van der Waals surface area (Å²) < 4.78 is 27.4. The van der Waals surface area contributed by atoms with Crippen LogP contribution in [0.4, 0.5) is 0 Å². The molecule has 1 aliphatic carbocycles. The predicted octanol–water partition coefficient (Wildman–Crippen LogP) is 3.49. The molecule has 0 unspecified atom stereocenters. The van der Waals surface area contributed by atoms with E-state index >= 15 is 0 Å². The SMILES string of the molecule is O=C(c1sccc1C1CC1)N1CCN(S(=O)(=O)c2ccc(Cl)s2)CC1. The molecule has 4 rings (SSSR count). The van der Waals surface area contributed by atoms with Crippen molar-refractivity contribution in [3.05, 3.63) is 38.4 Å². The molecule has 2 aromatic rings. The Hall–Kier alpha value is -0.930. The number of sulfonamides is 1. The van der Waals surface area contributed by atoms with Gasteiger partial charge in [-0.25, -0.2) is 8.42 Å². The number of halogens is 1. The number of hydrogen-bond acceptors (Lipinski definition) is 5. The number of rotatable bonds is 4. The lowest BCUT2D eigenvalue weighted by Gasteiger charge is -2.33. The van der Waals surface area contributed by atoms with Crippen LogP contribution < -0.4 is 0 Å². The molecule has 5 nitrogen and oxygen atoms in total. The van der Waals surface area contributed by atoms with E-state index in [1.807, 2.05) is 5.38 Å². The van der Waals surface area contributed by atoms with Crippen molar-refractivity contribution in [2.75, 3.05) is 26.2 Å². The van der Waals surface area contributed by atoms with E-state index in [0.29, 0.717) is 36.4 Å². The van der Waals surface area contributed by atoms with Crippen LogP contribution in [0.5, 0.6) is 0 Å². The zero-order valence-corrected chi connectivity index (χ0v) is 16.6. The van der Waals surface area contributed by atoms with Crippen LogP contribution in [0.15, 0.2) is 27.8 Å². The van der Waals surface area contributed by atoms with Gasteiger partial charge in [-0.3, -0.25) is 4.79 Å². The van der Waals surface area contributed by atoms with Gasteiger partial charge in [-0.05, 0) is 47.9 Å². The molecular weight excluding hydrogens is 400 g/mol. The van der Waals surface area contributed by atoms with Gasteiger partial charge in [0.25, 0.3) is 15.9 Å². The minimum absolute atomic E-state index is 0.0353. The number of carbonyl (C=O) groups excluding carboxylic acids is 1. The zero-order chi connectivity index (χ0) is 17.6. The third kappa shape index (κ3) is 3.38. The Bertz CT molecular complexity index is 893. The Kier molecular flexibility index (Phi) is 4.66. The summed E-state index contributed by atoms with van der Waals surface area (Å²) in [6, 6.07) is 5.18. The maximum atomic E-state index is 12.8. The van der Waals surface area contributed by atoms with E-state index in [2.05, 4.69) is 6.07 Å². The molecule has 3 heterocycles. The van der Waals surface area contributed by atoms with Crippen LogP contribution >= 0.6 is 34.3 Å². The average molecular weight is 417 g/mol. The van der Waals surface area contributed by atoms with Crippen LogP contribution in [0.25, 0.3) is 0 Å². The van der Waals surface area contributed by atoms with Gasteiger partial charge in [0.05, 0.1) is 9.21 Å². The highest BCUT2D eigenvalue weighted by Crippen LogP contribution is 2.43. The molecule has 0 aromatic carbocycles. The van der Waals surface area contributed by atoms with Gasteiger partial charge in [-0.1, -0.05) is 11.6 Å². The van der Waals surface area contributed by atoms with Crippen molar-refractivity contribution in [2.45, 2.75) is 23.0 Å². The van der Waals surface area contributed by atoms with Crippen molar-refractivity contribution in [3.8, 4) is 0 Å². The predicted molar refractivity (Wildman–Crippen MR) is 100 cm³/mol. The normalized spacial score (nSPS) is 19.3. The summed E-state index contributed by atoms with van der Waals surface area (Å²) in [4.78, 5) is 15.4. The number of carbonyl (C=O) groups is 1. The van der Waals surface area contributed by atoms with Crippen molar-refractivity contribution in [1.29, 1.82) is 0 Å². The molecular formula is C16H17ClN2O3S3. The minimum atomic E-state index is -3.52. The van der Waals surface area contributed by atoms with Gasteiger partial charge in [-0.15, -0.1) is 22.7 Å². The van der Waals surface area contributed by atoms with Gasteiger partial charge in [0.1, 0.15) is 4.21 Å². The molecule has 134 valence electrons. The molecule has 2 fully saturated rings. The third-order valence-electron chi connectivity index (χ3n) is 4.58. The second-order valence-electron chi connectivity index (χ2n) is 6.23. The topological polar surface area (TPSA) is 57.7 Å². The monoisotopic (exact) mass is 416 g/mol. The molecule has 0 atom stereocenters. The highest BCUT2D eigenvalue weighted by Gasteiger charge is 2.34. The molecule has 0 spiro atoms. The van der Waals surface area contributed by atoms with Crippen molar-refractivity contribution in [1.82, 2.24) is 9.21 Å². The van der Waals surface area contributed by atoms with E-state index < -0.39 is 10.0 Å². The highest BCUT2D eigenvalue weighted by atomic mass is 35.5. The molecule has 0 N–H and O–H groups in total. The van der Waals surface area contributed by atoms with Crippen LogP contribution in [0.2, 0.25) is 4.34 Å². The first-order valence-corrected chi connectivity index (χ1v) is 11.6. The van der Waals surface area contributed by atoms with Crippen LogP contribution in [-0.2, 0) is 10.0 Å². The van der Waals surface area contributed by atoms with Gasteiger partial charge in [-0.2, -0.15) is 4.31 Å². The third-order valence-corrected chi connectivity index (χ3v) is 9.09. The molecule has 0 bridgehead atoms. The Labute approximate surface area is 159 Å². The molecule has 2 aromatic heterocycles. The standard InChI is InChI=1S/C16H17ClN2O3S3/c17-13-3-4-14(24-13)25(21,22)19-8-6-18(7-9-19)16(20)15-12(5-10-23-15)11-1-2-11/h3-5,10-11H,1-2,6-9H2. The first kappa shape index (κ1) is 17.5. The van der Waals surface area contributed by atoms with E-state index in [4.69, 9.17) is 11.6 Å². The number of nitrogens with zero attached hydrogens (tertiary/aromatic N) is 2. The summed E-state index contributed by atoms with van der Waals surface area (Å²) in [5.74, 6) is 0.573. The maximum Gasteiger partial charge on any atom is 0.264 e. The van der Waals surface area contributed by atoms with Gasteiger partial charge in [0.2, 0.25) is 0 Å². The molecule has 9 heteroatoms. The van der Waals surface area contributed by atoms with E-state index in [9.17, 15) is 13.2 Å². The molecule has 1 amide bonds. The Morgan fingerprint density at radius 2 is 1.84 bits per heavy atom. The van der Waals surface area contributed by atoms with Crippen LogP contribution in [0.3, 0.4) is 0 Å². The fraction of sp³-hybridized carbons (Fsp3) is 0.438. The van der Waals surface area contributed by atoms with Crippen molar-refractivity contribution in [3.63, 3.8) is 0 Å². The summed E-state index contributed by atoms with van der Waals surface area (Å²) in [6.45, 7) is 1.46. The first-order valence-electron chi connectivity index (χ1n) is 8.09. The molecule has 25 heavy (non-hydrogen) atoms. The van der Waals surface area contributed by atoms with Crippen LogP contribution in [0, 0.1) is 0 Å². The lowest BCUT2D eigenvalue weighted by Crippen LogP contribution is -2.50. The minimum Gasteiger partial charge on any atom is -0.335 e. The fourth-order valence-corrected chi connectivity index (χ4v) is 7.06. The number of thiophene rings is 2. The maximum absolute atomic E-state index is 12.8. The second-order valence-corrected chi connectivity index (χ2v) is 11.0. The summed E-state index contributed by atoms with van der Waals surface area (Å²) in [6.07, 6.45) is 2.32. The van der Waals surface area contributed by atoms with Crippen molar-refractivity contribution >= 4 is 50.2 Å². The zero-order valence-electron chi connectivity index (χ0n) is 13.4. The molecule has 2 aliphatic rings. The molecule has 1 aliphatic heterocycles. The molecule has 1 saturated heterocycles. The summed E-state index contributed by atoms with van der Waals surface area (Å²) in [7, 11) is -3.52. The van der Waals surface area contributed by atoms with E-state index in [1.165, 1.54) is 27.3 Å². The van der Waals surface area contributed by atoms with Crippen LogP contribution in [0.1, 0.15) is 34.0 Å². The number of piperazine rings is 1. The second kappa shape index (κ2) is 6.66. The fourth-order valence-electron chi connectivity index (χ4n) is 3.05. The lowest BCUT2D eigenvalue weighted by atomic mass is 10.1. The smallest absolute Gasteiger partial charge is 0.264 e. The quantitative estimate of drug-likeness (QED) is 0.766. The summed E-state index contributed by atoms with van der Waals surface area (Å²) in [5.41, 5.74) is 1.17. The van der Waals surface area contributed by atoms with E-state index in [1.54, 1.807) is 11.0 Å². The Balaban J connectivity index is 1.44. The lowest BCUT2D eigenvalue weighted by molar-refractivity contribution is 0.0702. The molecule has 1 saturated carbocycles.